The fourth-order valence-corrected chi connectivity index (χ4v) is 4.38. The molecule has 170 valence electrons. The number of halogens is 3. The average Bonchev–Trinajstić information content (AvgIpc) is 3.40. The van der Waals surface area contributed by atoms with Gasteiger partial charge in [0.05, 0.1) is 16.1 Å². The van der Waals surface area contributed by atoms with Gasteiger partial charge in [-0.05, 0) is 35.8 Å². The number of sulfone groups is 1. The first-order valence-electron chi connectivity index (χ1n) is 9.09. The van der Waals surface area contributed by atoms with Crippen molar-refractivity contribution in [3.63, 3.8) is 0 Å². The molecule has 0 spiro atoms. The zero-order valence-corrected chi connectivity index (χ0v) is 18.2. The maximum atomic E-state index is 13.6. The number of nitrogens with zero attached hydrogens (tertiary/aromatic N) is 4. The second-order valence-corrected chi connectivity index (χ2v) is 9.64. The number of benzene rings is 2. The molecule has 8 nitrogen and oxygen atoms in total. The molecule has 0 fully saturated rings. The van der Waals surface area contributed by atoms with Crippen LogP contribution in [-0.2, 0) is 16.0 Å². The zero-order chi connectivity index (χ0) is 24.0. The van der Waals surface area contributed by atoms with Gasteiger partial charge in [-0.3, -0.25) is 0 Å². The molecule has 4 aromatic rings. The van der Waals surface area contributed by atoms with Gasteiger partial charge in [0.2, 0.25) is 0 Å². The maximum absolute atomic E-state index is 13.6. The van der Waals surface area contributed by atoms with Crippen molar-refractivity contribution in [2.75, 3.05) is 6.26 Å². The van der Waals surface area contributed by atoms with Gasteiger partial charge in [-0.2, -0.15) is 22.6 Å². The molecule has 2 heterocycles. The summed E-state index contributed by atoms with van der Waals surface area (Å²) in [6, 6.07) is 11.6. The van der Waals surface area contributed by atoms with E-state index in [0.717, 1.165) is 34.6 Å². The van der Waals surface area contributed by atoms with Gasteiger partial charge in [0.15, 0.2) is 26.4 Å². The Morgan fingerprint density at radius 1 is 1.09 bits per heavy atom. The van der Waals surface area contributed by atoms with Crippen LogP contribution in [0.15, 0.2) is 59.5 Å². The van der Waals surface area contributed by atoms with E-state index in [-0.39, 0.29) is 27.1 Å². The Morgan fingerprint density at radius 2 is 1.82 bits per heavy atom. The average molecular weight is 494 g/mol. The molecule has 0 amide bonds. The number of para-hydroxylation sites is 1. The summed E-state index contributed by atoms with van der Waals surface area (Å²) in [6.07, 6.45) is -3.66. The smallest absolute Gasteiger partial charge is 0.418 e. The van der Waals surface area contributed by atoms with E-state index in [2.05, 4.69) is 14.5 Å². The molecular formula is C20H13F3N4O4S2. The number of hydrogen-bond acceptors (Lipinski definition) is 7. The Hall–Kier alpha value is -3.58. The van der Waals surface area contributed by atoms with Crippen molar-refractivity contribution in [2.24, 2.45) is 0 Å². The van der Waals surface area contributed by atoms with Crippen LogP contribution in [0.25, 0.3) is 27.8 Å². The first-order valence-corrected chi connectivity index (χ1v) is 11.8. The van der Waals surface area contributed by atoms with Crippen LogP contribution in [0.4, 0.5) is 13.2 Å². The lowest BCUT2D eigenvalue weighted by Gasteiger charge is -2.13. The summed E-state index contributed by atoms with van der Waals surface area (Å²) in [5.74, 6) is -1.29. The Morgan fingerprint density at radius 3 is 2.48 bits per heavy atom. The number of alkyl halides is 3. The van der Waals surface area contributed by atoms with E-state index in [4.69, 9.17) is 0 Å². The summed E-state index contributed by atoms with van der Waals surface area (Å²) in [7, 11) is -3.48. The Kier molecular flexibility index (Phi) is 5.54. The Bertz CT molecular complexity index is 1480. The third-order valence-electron chi connectivity index (χ3n) is 4.53. The first-order chi connectivity index (χ1) is 15.4. The summed E-state index contributed by atoms with van der Waals surface area (Å²) in [6.45, 7) is 0. The van der Waals surface area contributed by atoms with Gasteiger partial charge in [0.1, 0.15) is 5.69 Å². The van der Waals surface area contributed by atoms with Gasteiger partial charge in [-0.1, -0.05) is 24.3 Å². The van der Waals surface area contributed by atoms with Crippen LogP contribution in [0.2, 0.25) is 0 Å². The molecule has 0 saturated heterocycles. The minimum atomic E-state index is -4.71. The molecular weight excluding hydrogens is 481 g/mol. The number of aromatic nitrogens is 4. The predicted octanol–water partition coefficient (Wildman–Crippen LogP) is 4.18. The monoisotopic (exact) mass is 494 g/mol. The molecule has 0 aliphatic heterocycles. The molecule has 1 N–H and O–H groups in total. The highest BCUT2D eigenvalue weighted by Crippen LogP contribution is 2.36. The minimum Gasteiger partial charge on any atom is -0.476 e. The number of carbonyl (C=O) groups is 1. The van der Waals surface area contributed by atoms with Crippen molar-refractivity contribution >= 4 is 27.3 Å². The van der Waals surface area contributed by atoms with Crippen molar-refractivity contribution in [2.45, 2.75) is 11.1 Å². The van der Waals surface area contributed by atoms with Crippen LogP contribution in [0.3, 0.4) is 0 Å². The van der Waals surface area contributed by atoms with E-state index in [0.29, 0.717) is 5.56 Å². The Labute approximate surface area is 189 Å². The molecule has 0 aliphatic rings. The topological polar surface area (TPSA) is 115 Å². The molecule has 0 atom stereocenters. The summed E-state index contributed by atoms with van der Waals surface area (Å²) in [5, 5.41) is 13.3. The third kappa shape index (κ3) is 4.50. The summed E-state index contributed by atoms with van der Waals surface area (Å²) in [5.41, 5.74) is -1.48. The molecule has 0 unspecified atom stereocenters. The van der Waals surface area contributed by atoms with Gasteiger partial charge in [0.25, 0.3) is 0 Å². The van der Waals surface area contributed by atoms with Crippen LogP contribution >= 0.6 is 11.5 Å². The SMILES string of the molecule is CS(=O)(=O)c1cccc(-c2nsc(-c3cc(C(=O)O)nn3-c3ccccc3C(F)(F)F)n2)c1. The highest BCUT2D eigenvalue weighted by molar-refractivity contribution is 7.90. The van der Waals surface area contributed by atoms with Gasteiger partial charge in [-0.25, -0.2) is 22.9 Å². The molecule has 2 aromatic heterocycles. The van der Waals surface area contributed by atoms with Crippen molar-refractivity contribution in [1.29, 1.82) is 0 Å². The number of carboxylic acid groups (broad SMARTS) is 1. The first kappa shape index (κ1) is 22.6. The lowest BCUT2D eigenvalue weighted by Crippen LogP contribution is -2.12. The lowest BCUT2D eigenvalue weighted by atomic mass is 10.1. The molecule has 0 aliphatic carbocycles. The Balaban J connectivity index is 1.86. The number of aromatic carboxylic acids is 1. The van der Waals surface area contributed by atoms with Gasteiger partial charge in [0, 0.05) is 17.9 Å². The maximum Gasteiger partial charge on any atom is 0.418 e. The van der Waals surface area contributed by atoms with Gasteiger partial charge in [-0.15, -0.1) is 0 Å². The van der Waals surface area contributed by atoms with Crippen molar-refractivity contribution in [3.05, 3.63) is 65.9 Å². The van der Waals surface area contributed by atoms with E-state index in [1.807, 2.05) is 0 Å². The largest absolute Gasteiger partial charge is 0.476 e. The predicted molar refractivity (Wildman–Crippen MR) is 113 cm³/mol. The molecule has 33 heavy (non-hydrogen) atoms. The zero-order valence-electron chi connectivity index (χ0n) is 16.6. The third-order valence-corrected chi connectivity index (χ3v) is 6.38. The van der Waals surface area contributed by atoms with Crippen LogP contribution in [0.5, 0.6) is 0 Å². The van der Waals surface area contributed by atoms with Crippen molar-refractivity contribution in [3.8, 4) is 27.8 Å². The van der Waals surface area contributed by atoms with E-state index in [1.165, 1.54) is 36.4 Å². The number of hydrogen-bond donors (Lipinski definition) is 1. The fraction of sp³-hybridized carbons (Fsp3) is 0.100. The molecule has 2 aromatic carbocycles. The van der Waals surface area contributed by atoms with Crippen molar-refractivity contribution in [1.82, 2.24) is 19.1 Å². The lowest BCUT2D eigenvalue weighted by molar-refractivity contribution is -0.137. The molecule has 0 radical (unpaired) electrons. The van der Waals surface area contributed by atoms with Gasteiger partial charge < -0.3 is 5.11 Å². The van der Waals surface area contributed by atoms with E-state index in [9.17, 15) is 31.5 Å². The van der Waals surface area contributed by atoms with E-state index in [1.54, 1.807) is 6.07 Å². The van der Waals surface area contributed by atoms with E-state index >= 15 is 0 Å². The molecule has 0 saturated carbocycles. The molecule has 4 rings (SSSR count). The highest BCUT2D eigenvalue weighted by atomic mass is 32.2. The second kappa shape index (κ2) is 8.08. The van der Waals surface area contributed by atoms with Crippen LogP contribution < -0.4 is 0 Å². The van der Waals surface area contributed by atoms with Crippen LogP contribution in [0.1, 0.15) is 16.1 Å². The normalized spacial score (nSPS) is 12.1. The number of carboxylic acids is 1. The van der Waals surface area contributed by atoms with Crippen LogP contribution in [-0.4, -0.2) is 44.9 Å². The quantitative estimate of drug-likeness (QED) is 0.443. The summed E-state index contributed by atoms with van der Waals surface area (Å²) in [4.78, 5) is 15.8. The standard InChI is InChI=1S/C20H13F3N4O4S2/c1-33(30,31)12-6-4-5-11(9-12)17-24-18(32-26-17)16-10-14(19(28)29)25-27(16)15-8-3-2-7-13(15)20(21,22)23/h2-10H,1H3,(H,28,29). The van der Waals surface area contributed by atoms with Gasteiger partial charge >= 0.3 is 12.1 Å². The molecule has 13 heteroatoms. The summed E-state index contributed by atoms with van der Waals surface area (Å²) >= 11 is 0.812. The van der Waals surface area contributed by atoms with Crippen molar-refractivity contribution < 1.29 is 31.5 Å². The van der Waals surface area contributed by atoms with Crippen LogP contribution in [0, 0.1) is 0 Å². The number of rotatable bonds is 5. The highest BCUT2D eigenvalue weighted by Gasteiger charge is 2.35. The minimum absolute atomic E-state index is 0.00730. The summed E-state index contributed by atoms with van der Waals surface area (Å²) < 4.78 is 69.4. The fourth-order valence-electron chi connectivity index (χ4n) is 3.03. The second-order valence-electron chi connectivity index (χ2n) is 6.87. The van der Waals surface area contributed by atoms with E-state index < -0.39 is 33.2 Å². The molecule has 0 bridgehead atoms.